The third-order valence-electron chi connectivity index (χ3n) is 2.12. The van der Waals surface area contributed by atoms with Gasteiger partial charge in [0, 0.05) is 11.1 Å². The van der Waals surface area contributed by atoms with E-state index >= 15 is 0 Å². The molecule has 0 aliphatic carbocycles. The van der Waals surface area contributed by atoms with Gasteiger partial charge in [-0.25, -0.2) is 15.8 Å². The van der Waals surface area contributed by atoms with Crippen LogP contribution in [0.15, 0.2) is 14.7 Å². The number of aromatic nitrogens is 3. The summed E-state index contributed by atoms with van der Waals surface area (Å²) >= 11 is 2.53. The molecule has 0 bridgehead atoms. The number of anilines is 1. The Hall–Kier alpha value is -1.78. The van der Waals surface area contributed by atoms with Crippen LogP contribution in [0.4, 0.5) is 11.6 Å². The third-order valence-corrected chi connectivity index (χ3v) is 4.15. The van der Waals surface area contributed by atoms with Crippen LogP contribution in [0.5, 0.6) is 0 Å². The van der Waals surface area contributed by atoms with E-state index in [2.05, 4.69) is 20.4 Å². The number of nitrogens with one attached hydrogen (secondary N) is 1. The van der Waals surface area contributed by atoms with Crippen molar-refractivity contribution >= 4 is 34.7 Å². The zero-order valence-corrected chi connectivity index (χ0v) is 11.7. The van der Waals surface area contributed by atoms with Gasteiger partial charge in [-0.2, -0.15) is 4.98 Å². The number of hydrazine groups is 1. The van der Waals surface area contributed by atoms with Crippen molar-refractivity contribution in [1.82, 2.24) is 15.0 Å². The van der Waals surface area contributed by atoms with E-state index in [4.69, 9.17) is 5.84 Å². The maximum atomic E-state index is 11.1. The lowest BCUT2D eigenvalue weighted by Crippen LogP contribution is -2.12. The Morgan fingerprint density at radius 1 is 1.42 bits per heavy atom. The van der Waals surface area contributed by atoms with Crippen LogP contribution < -0.4 is 11.3 Å². The summed E-state index contributed by atoms with van der Waals surface area (Å²) < 4.78 is 0.682. The van der Waals surface area contributed by atoms with Crippen molar-refractivity contribution in [2.75, 3.05) is 5.43 Å². The van der Waals surface area contributed by atoms with Gasteiger partial charge in [-0.05, 0) is 25.6 Å². The zero-order valence-electron chi connectivity index (χ0n) is 10.1. The van der Waals surface area contributed by atoms with Crippen molar-refractivity contribution in [1.29, 1.82) is 0 Å². The minimum absolute atomic E-state index is 0.128. The van der Waals surface area contributed by atoms with Gasteiger partial charge in [0.1, 0.15) is 5.69 Å². The Kier molecular flexibility index (Phi) is 3.93. The second-order valence-corrected chi connectivity index (χ2v) is 5.64. The number of rotatable bonds is 4. The van der Waals surface area contributed by atoms with E-state index in [0.29, 0.717) is 4.34 Å². The SMILES string of the molecule is Cc1csc(Sc2nc(NN)nc(C)c2[N+](=O)[O-])n1. The smallest absolute Gasteiger partial charge is 0.292 e. The topological polar surface area (TPSA) is 120 Å². The fourth-order valence-electron chi connectivity index (χ4n) is 1.35. The fourth-order valence-corrected chi connectivity index (χ4v) is 3.25. The number of nitrogens with two attached hydrogens (primary N) is 1. The van der Waals surface area contributed by atoms with E-state index in [0.717, 1.165) is 17.5 Å². The lowest BCUT2D eigenvalue weighted by atomic mass is 10.4. The third kappa shape index (κ3) is 2.97. The van der Waals surface area contributed by atoms with Crippen LogP contribution in [-0.2, 0) is 0 Å². The highest BCUT2D eigenvalue weighted by atomic mass is 32.2. The summed E-state index contributed by atoms with van der Waals surface area (Å²) in [6.45, 7) is 3.39. The van der Waals surface area contributed by atoms with Crippen molar-refractivity contribution < 1.29 is 4.92 Å². The molecule has 2 aromatic heterocycles. The first kappa shape index (κ1) is 13.6. The number of thiazole rings is 1. The lowest BCUT2D eigenvalue weighted by molar-refractivity contribution is -0.389. The molecule has 8 nitrogen and oxygen atoms in total. The first-order valence-electron chi connectivity index (χ1n) is 5.11. The quantitative estimate of drug-likeness (QED) is 0.380. The zero-order chi connectivity index (χ0) is 14.0. The molecule has 0 amide bonds. The molecule has 3 N–H and O–H groups in total. The number of nitrogens with zero attached hydrogens (tertiary/aromatic N) is 4. The molecule has 19 heavy (non-hydrogen) atoms. The van der Waals surface area contributed by atoms with Crippen molar-refractivity contribution in [3.63, 3.8) is 0 Å². The van der Waals surface area contributed by atoms with Crippen molar-refractivity contribution in [2.45, 2.75) is 23.2 Å². The number of aryl methyl sites for hydroxylation is 2. The standard InChI is InChI=1S/C9H10N6O2S2/c1-4-3-18-9(11-4)19-7-6(15(16)17)5(2)12-8(13-7)14-10/h3H,10H2,1-2H3,(H,12,13,14). The lowest BCUT2D eigenvalue weighted by Gasteiger charge is -2.05. The Morgan fingerprint density at radius 3 is 2.68 bits per heavy atom. The first-order chi connectivity index (χ1) is 9.01. The number of nitrogen functional groups attached to an aromatic ring is 1. The molecule has 0 saturated heterocycles. The molecule has 0 aliphatic heterocycles. The van der Waals surface area contributed by atoms with Crippen molar-refractivity contribution in [3.8, 4) is 0 Å². The van der Waals surface area contributed by atoms with Gasteiger partial charge in [0.15, 0.2) is 9.37 Å². The summed E-state index contributed by atoms with van der Waals surface area (Å²) in [6, 6.07) is 0. The molecule has 2 aromatic rings. The number of hydrogen-bond donors (Lipinski definition) is 2. The van der Waals surface area contributed by atoms with Crippen LogP contribution in [0.3, 0.4) is 0 Å². The van der Waals surface area contributed by atoms with E-state index in [9.17, 15) is 10.1 Å². The molecule has 0 aliphatic rings. The molecule has 2 heterocycles. The van der Waals surface area contributed by atoms with Gasteiger partial charge in [-0.3, -0.25) is 15.5 Å². The molecule has 0 radical (unpaired) electrons. The molecule has 100 valence electrons. The Bertz CT molecular complexity index is 629. The summed E-state index contributed by atoms with van der Waals surface area (Å²) in [5.74, 6) is 5.38. The average Bonchev–Trinajstić information content (AvgIpc) is 2.73. The maximum Gasteiger partial charge on any atom is 0.322 e. The largest absolute Gasteiger partial charge is 0.322 e. The highest BCUT2D eigenvalue weighted by molar-refractivity contribution is 8.01. The second kappa shape index (κ2) is 5.47. The van der Waals surface area contributed by atoms with Gasteiger partial charge in [0.05, 0.1) is 4.92 Å². The Morgan fingerprint density at radius 2 is 2.16 bits per heavy atom. The molecule has 0 spiro atoms. The van der Waals surface area contributed by atoms with Crippen LogP contribution in [0, 0.1) is 24.0 Å². The van der Waals surface area contributed by atoms with E-state index in [1.165, 1.54) is 18.3 Å². The van der Waals surface area contributed by atoms with Crippen LogP contribution in [0.25, 0.3) is 0 Å². The number of hydrogen-bond acceptors (Lipinski definition) is 9. The van der Waals surface area contributed by atoms with Crippen LogP contribution in [0.2, 0.25) is 0 Å². The van der Waals surface area contributed by atoms with Gasteiger partial charge in [-0.1, -0.05) is 0 Å². The van der Waals surface area contributed by atoms with Gasteiger partial charge in [0.2, 0.25) is 5.95 Å². The second-order valence-electron chi connectivity index (χ2n) is 3.54. The summed E-state index contributed by atoms with van der Waals surface area (Å²) in [6.07, 6.45) is 0. The van der Waals surface area contributed by atoms with E-state index in [-0.39, 0.29) is 22.4 Å². The van der Waals surface area contributed by atoms with E-state index < -0.39 is 4.92 Å². The molecular formula is C9H10N6O2S2. The summed E-state index contributed by atoms with van der Waals surface area (Å²) in [5.41, 5.74) is 3.28. The maximum absolute atomic E-state index is 11.1. The van der Waals surface area contributed by atoms with Gasteiger partial charge >= 0.3 is 5.69 Å². The van der Waals surface area contributed by atoms with Crippen molar-refractivity contribution in [3.05, 3.63) is 26.9 Å². The van der Waals surface area contributed by atoms with E-state index in [1.54, 1.807) is 0 Å². The van der Waals surface area contributed by atoms with E-state index in [1.807, 2.05) is 12.3 Å². The summed E-state index contributed by atoms with van der Waals surface area (Å²) in [7, 11) is 0. The Balaban J connectivity index is 2.47. The van der Waals surface area contributed by atoms with Crippen LogP contribution in [-0.4, -0.2) is 19.9 Å². The van der Waals surface area contributed by atoms with Crippen LogP contribution >= 0.6 is 23.1 Å². The Labute approximate surface area is 116 Å². The van der Waals surface area contributed by atoms with Gasteiger partial charge < -0.3 is 0 Å². The minimum Gasteiger partial charge on any atom is -0.292 e. The molecule has 0 unspecified atom stereocenters. The molecular weight excluding hydrogens is 288 g/mol. The predicted octanol–water partition coefficient (Wildman–Crippen LogP) is 1.89. The average molecular weight is 298 g/mol. The molecule has 0 fully saturated rings. The molecule has 2 rings (SSSR count). The summed E-state index contributed by atoms with van der Waals surface area (Å²) in [5, 5.41) is 13.2. The molecule has 0 atom stereocenters. The molecule has 0 aromatic carbocycles. The van der Waals surface area contributed by atoms with Crippen LogP contribution in [0.1, 0.15) is 11.4 Å². The monoisotopic (exact) mass is 298 g/mol. The summed E-state index contributed by atoms with van der Waals surface area (Å²) in [4.78, 5) is 22.7. The minimum atomic E-state index is -0.502. The van der Waals surface area contributed by atoms with Gasteiger partial charge in [-0.15, -0.1) is 11.3 Å². The molecule has 10 heteroatoms. The highest BCUT2D eigenvalue weighted by Crippen LogP contribution is 2.36. The number of nitro groups is 1. The normalized spacial score (nSPS) is 10.5. The van der Waals surface area contributed by atoms with Gasteiger partial charge in [0.25, 0.3) is 0 Å². The fraction of sp³-hybridized carbons (Fsp3) is 0.222. The molecule has 0 saturated carbocycles. The predicted molar refractivity (Wildman–Crippen MR) is 72.2 cm³/mol. The highest BCUT2D eigenvalue weighted by Gasteiger charge is 2.23. The first-order valence-corrected chi connectivity index (χ1v) is 6.80. The van der Waals surface area contributed by atoms with Crippen molar-refractivity contribution in [2.24, 2.45) is 5.84 Å².